The fourth-order valence-corrected chi connectivity index (χ4v) is 2.22. The van der Waals surface area contributed by atoms with E-state index in [4.69, 9.17) is 9.47 Å². The first-order chi connectivity index (χ1) is 10.1. The molecular weight excluding hydrogens is 286 g/mol. The summed E-state index contributed by atoms with van der Waals surface area (Å²) in [5.41, 5.74) is 1.22. The molecule has 4 nitrogen and oxygen atoms in total. The van der Waals surface area contributed by atoms with Crippen molar-refractivity contribution >= 4 is 17.7 Å². The predicted molar refractivity (Wildman–Crippen MR) is 83.2 cm³/mol. The highest BCUT2D eigenvalue weighted by atomic mass is 32.2. The van der Waals surface area contributed by atoms with E-state index in [0.717, 1.165) is 10.5 Å². The number of hydrogen-bond acceptors (Lipinski definition) is 5. The maximum atomic E-state index is 12.0. The van der Waals surface area contributed by atoms with Crippen molar-refractivity contribution < 1.29 is 14.3 Å². The average molecular weight is 303 g/mol. The Hall–Kier alpha value is -2.01. The van der Waals surface area contributed by atoms with Crippen molar-refractivity contribution in [2.24, 2.45) is 0 Å². The van der Waals surface area contributed by atoms with Gasteiger partial charge in [0.05, 0.1) is 6.61 Å². The fourth-order valence-electron chi connectivity index (χ4n) is 1.77. The van der Waals surface area contributed by atoms with Crippen LogP contribution in [0.5, 0.6) is 11.6 Å². The molecule has 0 spiro atoms. The van der Waals surface area contributed by atoms with Crippen LogP contribution in [0, 0.1) is 6.92 Å². The Morgan fingerprint density at radius 2 is 2.14 bits per heavy atom. The molecule has 0 atom stereocenters. The van der Waals surface area contributed by atoms with Crippen molar-refractivity contribution in [2.45, 2.75) is 18.7 Å². The summed E-state index contributed by atoms with van der Waals surface area (Å²) in [6.45, 7) is 3.95. The summed E-state index contributed by atoms with van der Waals surface area (Å²) in [7, 11) is 0. The largest absolute Gasteiger partial charge is 0.462 e. The summed E-state index contributed by atoms with van der Waals surface area (Å²) < 4.78 is 10.8. The van der Waals surface area contributed by atoms with E-state index in [-0.39, 0.29) is 5.88 Å². The molecule has 2 rings (SSSR count). The van der Waals surface area contributed by atoms with Gasteiger partial charge in [-0.2, -0.15) is 0 Å². The number of thioether (sulfide) groups is 1. The Balaban J connectivity index is 2.32. The molecule has 2 aromatic rings. The van der Waals surface area contributed by atoms with Gasteiger partial charge in [0.25, 0.3) is 0 Å². The lowest BCUT2D eigenvalue weighted by Gasteiger charge is -2.10. The van der Waals surface area contributed by atoms with E-state index >= 15 is 0 Å². The number of ether oxygens (including phenoxy) is 2. The van der Waals surface area contributed by atoms with Gasteiger partial charge >= 0.3 is 5.97 Å². The van der Waals surface area contributed by atoms with E-state index < -0.39 is 5.97 Å². The van der Waals surface area contributed by atoms with E-state index in [1.165, 1.54) is 0 Å². The molecular formula is C16H17NO3S. The third-order valence-electron chi connectivity index (χ3n) is 2.74. The molecule has 0 radical (unpaired) electrons. The number of benzene rings is 1. The second-order valence-electron chi connectivity index (χ2n) is 4.37. The highest BCUT2D eigenvalue weighted by Gasteiger charge is 2.16. The van der Waals surface area contributed by atoms with Crippen LogP contribution in [0.25, 0.3) is 0 Å². The van der Waals surface area contributed by atoms with E-state index in [1.807, 2.05) is 37.4 Å². The number of nitrogens with zero attached hydrogens (tertiary/aromatic N) is 1. The molecule has 110 valence electrons. The predicted octanol–water partition coefficient (Wildman–Crippen LogP) is 4.08. The highest BCUT2D eigenvalue weighted by Crippen LogP contribution is 2.27. The van der Waals surface area contributed by atoms with Crippen molar-refractivity contribution in [2.75, 3.05) is 12.9 Å². The quantitative estimate of drug-likeness (QED) is 0.615. The molecule has 0 fully saturated rings. The molecule has 0 N–H and O–H groups in total. The van der Waals surface area contributed by atoms with Gasteiger partial charge in [-0.05, 0) is 49.9 Å². The third kappa shape index (κ3) is 3.98. The van der Waals surface area contributed by atoms with Gasteiger partial charge in [0, 0.05) is 11.1 Å². The molecule has 0 bridgehead atoms. The fraction of sp³-hybridized carbons (Fsp3) is 0.250. The summed E-state index contributed by atoms with van der Waals surface area (Å²) >= 11 is 1.62. The minimum atomic E-state index is -0.426. The molecule has 0 aliphatic heterocycles. The second-order valence-corrected chi connectivity index (χ2v) is 5.25. The van der Waals surface area contributed by atoms with Crippen LogP contribution in [-0.4, -0.2) is 23.8 Å². The second kappa shape index (κ2) is 7.13. The van der Waals surface area contributed by atoms with Crippen LogP contribution in [0.2, 0.25) is 0 Å². The Morgan fingerprint density at radius 1 is 1.33 bits per heavy atom. The molecule has 0 amide bonds. The van der Waals surface area contributed by atoms with Gasteiger partial charge in [0.15, 0.2) is 0 Å². The first-order valence-corrected chi connectivity index (χ1v) is 7.82. The van der Waals surface area contributed by atoms with E-state index in [1.54, 1.807) is 30.9 Å². The SMILES string of the molecule is CCOC(=O)c1cc(C)cnc1Oc1cccc(SC)c1. The third-order valence-corrected chi connectivity index (χ3v) is 3.46. The molecule has 21 heavy (non-hydrogen) atoms. The summed E-state index contributed by atoms with van der Waals surface area (Å²) in [6, 6.07) is 9.35. The topological polar surface area (TPSA) is 48.4 Å². The minimum Gasteiger partial charge on any atom is -0.462 e. The summed E-state index contributed by atoms with van der Waals surface area (Å²) in [5.74, 6) is 0.478. The van der Waals surface area contributed by atoms with Gasteiger partial charge in [-0.1, -0.05) is 6.07 Å². The van der Waals surface area contributed by atoms with Crippen LogP contribution in [0.4, 0.5) is 0 Å². The molecule has 0 aliphatic carbocycles. The Bertz CT molecular complexity index is 643. The number of rotatable bonds is 5. The zero-order valence-electron chi connectivity index (χ0n) is 12.3. The zero-order chi connectivity index (χ0) is 15.2. The van der Waals surface area contributed by atoms with Gasteiger partial charge in [-0.3, -0.25) is 0 Å². The lowest BCUT2D eigenvalue weighted by Crippen LogP contribution is -2.08. The van der Waals surface area contributed by atoms with E-state index in [9.17, 15) is 4.79 Å². The summed E-state index contributed by atoms with van der Waals surface area (Å²) in [4.78, 5) is 17.3. The first-order valence-electron chi connectivity index (χ1n) is 6.59. The number of carbonyl (C=O) groups is 1. The number of hydrogen-bond donors (Lipinski definition) is 0. The molecule has 0 unspecified atom stereocenters. The minimum absolute atomic E-state index is 0.261. The normalized spacial score (nSPS) is 10.2. The van der Waals surface area contributed by atoms with Crippen molar-refractivity contribution in [3.8, 4) is 11.6 Å². The standard InChI is InChI=1S/C16H17NO3S/c1-4-19-16(18)14-8-11(2)10-17-15(14)20-12-6-5-7-13(9-12)21-3/h5-10H,4H2,1-3H3. The molecule has 1 heterocycles. The van der Waals surface area contributed by atoms with Gasteiger partial charge in [-0.25, -0.2) is 9.78 Å². The van der Waals surface area contributed by atoms with Crippen molar-refractivity contribution in [3.63, 3.8) is 0 Å². The summed E-state index contributed by atoms with van der Waals surface area (Å²) in [6.07, 6.45) is 3.66. The molecule has 0 saturated carbocycles. The molecule has 0 aliphatic rings. The van der Waals surface area contributed by atoms with Crippen LogP contribution in [0.15, 0.2) is 41.4 Å². The maximum Gasteiger partial charge on any atom is 0.343 e. The van der Waals surface area contributed by atoms with Gasteiger partial charge < -0.3 is 9.47 Å². The first kappa shape index (κ1) is 15.4. The molecule has 1 aromatic carbocycles. The number of esters is 1. The number of aromatic nitrogens is 1. The van der Waals surface area contributed by atoms with Crippen LogP contribution in [-0.2, 0) is 4.74 Å². The zero-order valence-corrected chi connectivity index (χ0v) is 13.1. The lowest BCUT2D eigenvalue weighted by molar-refractivity contribution is 0.0522. The summed E-state index contributed by atoms with van der Waals surface area (Å²) in [5, 5.41) is 0. The monoisotopic (exact) mass is 303 g/mol. The number of aryl methyl sites for hydroxylation is 1. The van der Waals surface area contributed by atoms with Crippen molar-refractivity contribution in [1.82, 2.24) is 4.98 Å². The molecule has 5 heteroatoms. The maximum absolute atomic E-state index is 12.0. The average Bonchev–Trinajstić information content (AvgIpc) is 2.49. The Labute approximate surface area is 128 Å². The van der Waals surface area contributed by atoms with Crippen LogP contribution in [0.1, 0.15) is 22.8 Å². The molecule has 1 aromatic heterocycles. The number of pyridine rings is 1. The number of carbonyl (C=O) groups excluding carboxylic acids is 1. The van der Waals surface area contributed by atoms with Crippen LogP contribution < -0.4 is 4.74 Å². The van der Waals surface area contributed by atoms with Gasteiger partial charge in [-0.15, -0.1) is 11.8 Å². The van der Waals surface area contributed by atoms with Crippen LogP contribution in [0.3, 0.4) is 0 Å². The van der Waals surface area contributed by atoms with Crippen LogP contribution >= 0.6 is 11.8 Å². The molecule has 0 saturated heterocycles. The van der Waals surface area contributed by atoms with Gasteiger partial charge in [0.1, 0.15) is 11.3 Å². The highest BCUT2D eigenvalue weighted by molar-refractivity contribution is 7.98. The smallest absolute Gasteiger partial charge is 0.343 e. The van der Waals surface area contributed by atoms with Gasteiger partial charge in [0.2, 0.25) is 5.88 Å². The Morgan fingerprint density at radius 3 is 2.86 bits per heavy atom. The van der Waals surface area contributed by atoms with Crippen molar-refractivity contribution in [3.05, 3.63) is 47.7 Å². The lowest BCUT2D eigenvalue weighted by atomic mass is 10.2. The van der Waals surface area contributed by atoms with E-state index in [0.29, 0.717) is 17.9 Å². The Kier molecular flexibility index (Phi) is 5.22. The van der Waals surface area contributed by atoms with Crippen molar-refractivity contribution in [1.29, 1.82) is 0 Å². The van der Waals surface area contributed by atoms with E-state index in [2.05, 4.69) is 4.98 Å².